The lowest BCUT2D eigenvalue weighted by atomic mass is 9.98. The maximum Gasteiger partial charge on any atom is 0.410 e. The van der Waals surface area contributed by atoms with Crippen molar-refractivity contribution in [2.24, 2.45) is 5.92 Å². The van der Waals surface area contributed by atoms with Crippen LogP contribution in [0.4, 0.5) is 15.4 Å². The number of benzene rings is 1. The first-order valence-corrected chi connectivity index (χ1v) is 13.0. The predicted molar refractivity (Wildman–Crippen MR) is 141 cm³/mol. The van der Waals surface area contributed by atoms with Crippen LogP contribution in [0.1, 0.15) is 39.2 Å². The standard InChI is InChI=1S/C28H36N4O6/c1-28(2,3)38-27(35)30-13-11-22(12-14-30)19-36-23-9-10-24(29-17-23)32-16-15-31(18-25(32)33)26(34)37-20-21-7-5-4-6-8-21/h4-10,17,22H,11-16,18-20H2,1-3H3. The van der Waals surface area contributed by atoms with E-state index < -0.39 is 11.7 Å². The van der Waals surface area contributed by atoms with Gasteiger partial charge in [-0.1, -0.05) is 30.3 Å². The van der Waals surface area contributed by atoms with E-state index in [1.165, 1.54) is 4.90 Å². The third kappa shape index (κ3) is 7.60. The number of nitrogens with zero attached hydrogens (tertiary/aromatic N) is 4. The molecule has 1 aromatic heterocycles. The Morgan fingerprint density at radius 2 is 1.68 bits per heavy atom. The molecule has 204 valence electrons. The molecular formula is C28H36N4O6. The van der Waals surface area contributed by atoms with E-state index >= 15 is 0 Å². The van der Waals surface area contributed by atoms with Crippen molar-refractivity contribution in [2.45, 2.75) is 45.8 Å². The van der Waals surface area contributed by atoms with E-state index in [2.05, 4.69) is 4.98 Å². The average Bonchev–Trinajstić information content (AvgIpc) is 2.91. The van der Waals surface area contributed by atoms with Crippen LogP contribution in [0, 0.1) is 5.92 Å². The minimum absolute atomic E-state index is 0.0600. The minimum Gasteiger partial charge on any atom is -0.492 e. The second kappa shape index (κ2) is 12.1. The Balaban J connectivity index is 1.19. The van der Waals surface area contributed by atoms with Gasteiger partial charge in [-0.3, -0.25) is 14.6 Å². The number of amides is 3. The summed E-state index contributed by atoms with van der Waals surface area (Å²) in [4.78, 5) is 46.5. The number of piperazine rings is 1. The normalized spacial score (nSPS) is 16.8. The number of hydrogen-bond acceptors (Lipinski definition) is 7. The minimum atomic E-state index is -0.504. The fourth-order valence-corrected chi connectivity index (χ4v) is 4.32. The van der Waals surface area contributed by atoms with Crippen LogP contribution in [0.15, 0.2) is 48.7 Å². The second-order valence-electron chi connectivity index (χ2n) is 10.6. The van der Waals surface area contributed by atoms with Crippen LogP contribution in [-0.2, 0) is 20.9 Å². The molecule has 0 unspecified atom stereocenters. The molecule has 2 saturated heterocycles. The number of carbonyl (C=O) groups is 3. The molecule has 2 aromatic rings. The molecule has 0 saturated carbocycles. The summed E-state index contributed by atoms with van der Waals surface area (Å²) in [5.74, 6) is 1.26. The Labute approximate surface area is 223 Å². The SMILES string of the molecule is CC(C)(C)OC(=O)N1CCC(COc2ccc(N3CCN(C(=O)OCc4ccccc4)CC3=O)nc2)CC1. The summed E-state index contributed by atoms with van der Waals surface area (Å²) in [5.41, 5.74) is 0.395. The van der Waals surface area contributed by atoms with E-state index in [0.717, 1.165) is 18.4 Å². The highest BCUT2D eigenvalue weighted by Gasteiger charge is 2.30. The summed E-state index contributed by atoms with van der Waals surface area (Å²) < 4.78 is 16.7. The predicted octanol–water partition coefficient (Wildman–Crippen LogP) is 4.09. The van der Waals surface area contributed by atoms with Crippen LogP contribution in [0.25, 0.3) is 0 Å². The molecule has 0 aliphatic carbocycles. The highest BCUT2D eigenvalue weighted by atomic mass is 16.6. The van der Waals surface area contributed by atoms with Gasteiger partial charge < -0.3 is 19.1 Å². The van der Waals surface area contributed by atoms with Crippen molar-refractivity contribution in [2.75, 3.05) is 44.2 Å². The Hall–Kier alpha value is -3.82. The first kappa shape index (κ1) is 27.2. The number of anilines is 1. The molecule has 0 N–H and O–H groups in total. The molecule has 3 amide bonds. The van der Waals surface area contributed by atoms with Crippen molar-refractivity contribution in [1.82, 2.24) is 14.8 Å². The lowest BCUT2D eigenvalue weighted by Crippen LogP contribution is -2.52. The van der Waals surface area contributed by atoms with Gasteiger partial charge in [0.15, 0.2) is 0 Å². The van der Waals surface area contributed by atoms with Crippen LogP contribution in [-0.4, -0.2) is 77.8 Å². The number of likely N-dealkylation sites (tertiary alicyclic amines) is 1. The van der Waals surface area contributed by atoms with Crippen molar-refractivity contribution in [3.63, 3.8) is 0 Å². The Morgan fingerprint density at radius 3 is 2.32 bits per heavy atom. The van der Waals surface area contributed by atoms with Gasteiger partial charge in [-0.25, -0.2) is 14.6 Å². The Kier molecular flexibility index (Phi) is 8.70. The largest absolute Gasteiger partial charge is 0.492 e. The third-order valence-corrected chi connectivity index (χ3v) is 6.43. The molecule has 2 fully saturated rings. The van der Waals surface area contributed by atoms with E-state index in [-0.39, 0.29) is 25.2 Å². The number of aromatic nitrogens is 1. The highest BCUT2D eigenvalue weighted by molar-refractivity contribution is 5.96. The molecule has 4 rings (SSSR count). The van der Waals surface area contributed by atoms with Gasteiger partial charge in [0, 0.05) is 26.2 Å². The molecule has 2 aliphatic heterocycles. The van der Waals surface area contributed by atoms with Crippen LogP contribution >= 0.6 is 0 Å². The van der Waals surface area contributed by atoms with Gasteiger partial charge in [-0.2, -0.15) is 0 Å². The van der Waals surface area contributed by atoms with Crippen LogP contribution < -0.4 is 9.64 Å². The van der Waals surface area contributed by atoms with Gasteiger partial charge >= 0.3 is 12.2 Å². The van der Waals surface area contributed by atoms with Gasteiger partial charge in [0.2, 0.25) is 5.91 Å². The molecule has 10 heteroatoms. The van der Waals surface area contributed by atoms with Gasteiger partial charge in [-0.15, -0.1) is 0 Å². The summed E-state index contributed by atoms with van der Waals surface area (Å²) in [5, 5.41) is 0. The average molecular weight is 525 g/mol. The zero-order valence-corrected chi connectivity index (χ0v) is 22.3. The Bertz CT molecular complexity index is 1090. The van der Waals surface area contributed by atoms with E-state index in [1.807, 2.05) is 51.1 Å². The summed E-state index contributed by atoms with van der Waals surface area (Å²) in [6.07, 6.45) is 2.53. The first-order chi connectivity index (χ1) is 18.2. The van der Waals surface area contributed by atoms with Gasteiger partial charge in [-0.05, 0) is 57.2 Å². The quantitative estimate of drug-likeness (QED) is 0.561. The van der Waals surface area contributed by atoms with E-state index in [1.54, 1.807) is 28.1 Å². The molecule has 0 atom stereocenters. The Morgan fingerprint density at radius 1 is 0.947 bits per heavy atom. The molecule has 0 radical (unpaired) electrons. The molecule has 10 nitrogen and oxygen atoms in total. The van der Waals surface area contributed by atoms with E-state index in [9.17, 15) is 14.4 Å². The lowest BCUT2D eigenvalue weighted by Gasteiger charge is -2.33. The third-order valence-electron chi connectivity index (χ3n) is 6.43. The van der Waals surface area contributed by atoms with Crippen molar-refractivity contribution in [1.29, 1.82) is 0 Å². The molecule has 1 aromatic carbocycles. The number of piperidine rings is 1. The molecule has 3 heterocycles. The van der Waals surface area contributed by atoms with Crippen molar-refractivity contribution in [3.8, 4) is 5.75 Å². The number of carbonyl (C=O) groups excluding carboxylic acids is 3. The van der Waals surface area contributed by atoms with Crippen molar-refractivity contribution in [3.05, 3.63) is 54.2 Å². The zero-order valence-electron chi connectivity index (χ0n) is 22.3. The summed E-state index contributed by atoms with van der Waals surface area (Å²) in [6.45, 7) is 8.23. The first-order valence-electron chi connectivity index (χ1n) is 13.0. The molecule has 2 aliphatic rings. The van der Waals surface area contributed by atoms with Crippen LogP contribution in [0.3, 0.4) is 0 Å². The molecule has 0 spiro atoms. The topological polar surface area (TPSA) is 102 Å². The molecule has 38 heavy (non-hydrogen) atoms. The van der Waals surface area contributed by atoms with Gasteiger partial charge in [0.05, 0.1) is 12.8 Å². The fraction of sp³-hybridized carbons (Fsp3) is 0.500. The smallest absolute Gasteiger partial charge is 0.410 e. The van der Waals surface area contributed by atoms with Crippen molar-refractivity contribution >= 4 is 23.9 Å². The summed E-state index contributed by atoms with van der Waals surface area (Å²) in [7, 11) is 0. The molecular weight excluding hydrogens is 488 g/mol. The summed E-state index contributed by atoms with van der Waals surface area (Å²) >= 11 is 0. The van der Waals surface area contributed by atoms with E-state index in [4.69, 9.17) is 14.2 Å². The van der Waals surface area contributed by atoms with Crippen molar-refractivity contribution < 1.29 is 28.6 Å². The highest BCUT2D eigenvalue weighted by Crippen LogP contribution is 2.23. The fourth-order valence-electron chi connectivity index (χ4n) is 4.32. The number of ether oxygens (including phenoxy) is 3. The second-order valence-corrected chi connectivity index (χ2v) is 10.6. The maximum absolute atomic E-state index is 12.7. The maximum atomic E-state index is 12.7. The lowest BCUT2D eigenvalue weighted by molar-refractivity contribution is -0.121. The van der Waals surface area contributed by atoms with Gasteiger partial charge in [0.25, 0.3) is 0 Å². The number of rotatable bonds is 6. The van der Waals surface area contributed by atoms with E-state index in [0.29, 0.717) is 50.3 Å². The summed E-state index contributed by atoms with van der Waals surface area (Å²) in [6, 6.07) is 13.0. The van der Waals surface area contributed by atoms with Crippen LogP contribution in [0.2, 0.25) is 0 Å². The monoisotopic (exact) mass is 524 g/mol. The number of pyridine rings is 1. The zero-order chi connectivity index (χ0) is 27.1. The number of hydrogen-bond donors (Lipinski definition) is 0. The van der Waals surface area contributed by atoms with Gasteiger partial charge in [0.1, 0.15) is 30.3 Å². The van der Waals surface area contributed by atoms with Crippen LogP contribution in [0.5, 0.6) is 5.75 Å². The molecule has 0 bridgehead atoms.